The van der Waals surface area contributed by atoms with Crippen LogP contribution in [0.1, 0.15) is 5.56 Å². The number of nitrogens with one attached hydrogen (secondary N) is 1. The maximum absolute atomic E-state index is 11.1. The van der Waals surface area contributed by atoms with Gasteiger partial charge in [0.25, 0.3) is 0 Å². The zero-order valence-electron chi connectivity index (χ0n) is 8.89. The van der Waals surface area contributed by atoms with Crippen molar-refractivity contribution in [2.45, 2.75) is 6.54 Å². The number of hydrogen-bond acceptors (Lipinski definition) is 2. The lowest BCUT2D eigenvalue weighted by Crippen LogP contribution is -1.97. The van der Waals surface area contributed by atoms with E-state index in [9.17, 15) is 4.79 Å². The molecule has 0 saturated heterocycles. The lowest BCUT2D eigenvalue weighted by Gasteiger charge is -2.04. The van der Waals surface area contributed by atoms with Crippen molar-refractivity contribution in [3.63, 3.8) is 0 Å². The van der Waals surface area contributed by atoms with E-state index in [0.29, 0.717) is 0 Å². The van der Waals surface area contributed by atoms with Crippen molar-refractivity contribution in [1.29, 1.82) is 0 Å². The van der Waals surface area contributed by atoms with Crippen molar-refractivity contribution in [1.82, 2.24) is 0 Å². The van der Waals surface area contributed by atoms with Gasteiger partial charge in [0.1, 0.15) is 0 Å². The first-order valence-electron chi connectivity index (χ1n) is 5.23. The molecule has 0 aliphatic rings. The summed E-state index contributed by atoms with van der Waals surface area (Å²) in [5, 5.41) is 3.27. The Hall–Kier alpha value is -2.09. The molecule has 0 bridgehead atoms. The fourth-order valence-electron chi connectivity index (χ4n) is 1.45. The van der Waals surface area contributed by atoms with Crippen molar-refractivity contribution in [2.75, 3.05) is 5.32 Å². The molecule has 2 heteroatoms. The minimum Gasteiger partial charge on any atom is -0.381 e. The number of hydrogen-bond donors (Lipinski definition) is 1. The number of anilines is 1. The fraction of sp³-hybridized carbons (Fsp3) is 0.0714. The van der Waals surface area contributed by atoms with Crippen molar-refractivity contribution >= 4 is 5.69 Å². The minimum atomic E-state index is 0.0211. The molecule has 80 valence electrons. The lowest BCUT2D eigenvalue weighted by molar-refractivity contribution is 1.15. The van der Waals surface area contributed by atoms with Crippen LogP contribution in [-0.4, -0.2) is 0 Å². The zero-order chi connectivity index (χ0) is 11.2. The lowest BCUT2D eigenvalue weighted by atomic mass is 10.2. The zero-order valence-corrected chi connectivity index (χ0v) is 8.89. The van der Waals surface area contributed by atoms with Crippen LogP contribution in [-0.2, 0) is 6.54 Å². The van der Waals surface area contributed by atoms with E-state index >= 15 is 0 Å². The Labute approximate surface area is 94.6 Å². The summed E-state index contributed by atoms with van der Waals surface area (Å²) in [6.45, 7) is 0.763. The predicted octanol–water partition coefficient (Wildman–Crippen LogP) is 2.66. The van der Waals surface area contributed by atoms with E-state index in [2.05, 4.69) is 17.4 Å². The Morgan fingerprint density at radius 1 is 0.812 bits per heavy atom. The van der Waals surface area contributed by atoms with Gasteiger partial charge in [-0.25, -0.2) is 0 Å². The summed E-state index contributed by atoms with van der Waals surface area (Å²) in [7, 11) is 0. The van der Waals surface area contributed by atoms with Crippen LogP contribution >= 0.6 is 0 Å². The molecular weight excluding hydrogens is 198 g/mol. The van der Waals surface area contributed by atoms with Gasteiger partial charge in [0, 0.05) is 12.2 Å². The van der Waals surface area contributed by atoms with Gasteiger partial charge >= 0.3 is 0 Å². The van der Waals surface area contributed by atoms with Crippen LogP contribution in [0.5, 0.6) is 0 Å². The van der Waals surface area contributed by atoms with Gasteiger partial charge in [0.05, 0.1) is 0 Å². The average Bonchev–Trinajstić information content (AvgIpc) is 2.53. The molecule has 1 N–H and O–H groups in total. The van der Waals surface area contributed by atoms with Crippen molar-refractivity contribution in [3.05, 3.63) is 76.5 Å². The first kappa shape index (κ1) is 10.4. The Morgan fingerprint density at radius 3 is 2.44 bits per heavy atom. The molecular formula is C14H13NO. The molecule has 2 nitrogen and oxygen atoms in total. The monoisotopic (exact) mass is 211 g/mol. The molecule has 0 aliphatic carbocycles. The molecule has 0 fully saturated rings. The van der Waals surface area contributed by atoms with Crippen LogP contribution in [0.25, 0.3) is 0 Å². The van der Waals surface area contributed by atoms with Gasteiger partial charge in [-0.2, -0.15) is 0 Å². The van der Waals surface area contributed by atoms with Crippen molar-refractivity contribution < 1.29 is 0 Å². The van der Waals surface area contributed by atoms with Crippen LogP contribution in [0.4, 0.5) is 5.69 Å². The summed E-state index contributed by atoms with van der Waals surface area (Å²) in [5.74, 6) is 0. The predicted molar refractivity (Wildman–Crippen MR) is 66.5 cm³/mol. The third-order valence-corrected chi connectivity index (χ3v) is 2.30. The van der Waals surface area contributed by atoms with Crippen LogP contribution in [0.2, 0.25) is 0 Å². The normalized spacial score (nSPS) is 9.75. The highest BCUT2D eigenvalue weighted by molar-refractivity contribution is 5.42. The van der Waals surface area contributed by atoms with Gasteiger partial charge in [-0.3, -0.25) is 4.79 Å². The number of rotatable bonds is 3. The smallest absolute Gasteiger partial charge is 0.178 e. The molecule has 0 atom stereocenters. The summed E-state index contributed by atoms with van der Waals surface area (Å²) >= 11 is 0. The summed E-state index contributed by atoms with van der Waals surface area (Å²) < 4.78 is 0. The minimum absolute atomic E-state index is 0.0211. The van der Waals surface area contributed by atoms with Crippen LogP contribution in [0, 0.1) is 0 Å². The summed E-state index contributed by atoms with van der Waals surface area (Å²) in [4.78, 5) is 11.1. The first-order valence-corrected chi connectivity index (χ1v) is 5.23. The van der Waals surface area contributed by atoms with Gasteiger partial charge < -0.3 is 5.32 Å². The van der Waals surface area contributed by atoms with E-state index < -0.39 is 0 Å². The maximum Gasteiger partial charge on any atom is 0.178 e. The van der Waals surface area contributed by atoms with Crippen LogP contribution in [0.15, 0.2) is 65.5 Å². The Bertz CT molecular complexity index is 508. The third-order valence-electron chi connectivity index (χ3n) is 2.30. The van der Waals surface area contributed by atoms with E-state index in [1.807, 2.05) is 24.3 Å². The molecule has 0 heterocycles. The van der Waals surface area contributed by atoms with Gasteiger partial charge in [-0.1, -0.05) is 36.4 Å². The first-order chi connectivity index (χ1) is 7.84. The van der Waals surface area contributed by atoms with E-state index in [1.54, 1.807) is 24.3 Å². The summed E-state index contributed by atoms with van der Waals surface area (Å²) in [6, 6.07) is 18.7. The van der Waals surface area contributed by atoms with E-state index in [0.717, 1.165) is 12.2 Å². The third kappa shape index (κ3) is 2.95. The molecule has 2 aromatic carbocycles. The molecule has 0 radical (unpaired) electrons. The Morgan fingerprint density at radius 2 is 1.62 bits per heavy atom. The molecule has 0 unspecified atom stereocenters. The fourth-order valence-corrected chi connectivity index (χ4v) is 1.45. The second-order valence-electron chi connectivity index (χ2n) is 3.56. The molecule has 2 rings (SSSR count). The second-order valence-corrected chi connectivity index (χ2v) is 3.56. The quantitative estimate of drug-likeness (QED) is 0.845. The Kier molecular flexibility index (Phi) is 3.34. The van der Waals surface area contributed by atoms with Crippen LogP contribution in [0.3, 0.4) is 0 Å². The van der Waals surface area contributed by atoms with Crippen LogP contribution < -0.4 is 10.7 Å². The van der Waals surface area contributed by atoms with E-state index in [1.165, 1.54) is 5.56 Å². The molecule has 0 aromatic heterocycles. The molecule has 0 saturated carbocycles. The van der Waals surface area contributed by atoms with Gasteiger partial charge in [0.15, 0.2) is 5.43 Å². The largest absolute Gasteiger partial charge is 0.381 e. The SMILES string of the molecule is O=c1cccc(NCc2ccccc2)cc1. The highest BCUT2D eigenvalue weighted by Gasteiger charge is 1.91. The van der Waals surface area contributed by atoms with Crippen molar-refractivity contribution in [3.8, 4) is 0 Å². The van der Waals surface area contributed by atoms with Gasteiger partial charge in [-0.15, -0.1) is 0 Å². The summed E-state index contributed by atoms with van der Waals surface area (Å²) in [6.07, 6.45) is 0. The average molecular weight is 211 g/mol. The topological polar surface area (TPSA) is 29.1 Å². The highest BCUT2D eigenvalue weighted by atomic mass is 16.1. The Balaban J connectivity index is 2.06. The molecule has 0 amide bonds. The van der Waals surface area contributed by atoms with Crippen molar-refractivity contribution in [2.24, 2.45) is 0 Å². The second kappa shape index (κ2) is 5.12. The molecule has 0 spiro atoms. The highest BCUT2D eigenvalue weighted by Crippen LogP contribution is 2.06. The molecule has 16 heavy (non-hydrogen) atoms. The van der Waals surface area contributed by atoms with E-state index in [4.69, 9.17) is 0 Å². The van der Waals surface area contributed by atoms with Gasteiger partial charge in [0.2, 0.25) is 0 Å². The summed E-state index contributed by atoms with van der Waals surface area (Å²) in [5.41, 5.74) is 2.19. The van der Waals surface area contributed by atoms with E-state index in [-0.39, 0.29) is 5.43 Å². The molecule has 2 aromatic rings. The van der Waals surface area contributed by atoms with Gasteiger partial charge in [-0.05, 0) is 29.8 Å². The maximum atomic E-state index is 11.1. The molecule has 0 aliphatic heterocycles. The number of benzene rings is 1. The standard InChI is InChI=1S/C14H13NO/c16-14-8-4-7-13(9-10-14)15-11-12-5-2-1-3-6-12/h1-10,15H,11H2.